The van der Waals surface area contributed by atoms with Crippen LogP contribution >= 0.6 is 11.6 Å². The van der Waals surface area contributed by atoms with E-state index in [2.05, 4.69) is 13.2 Å². The van der Waals surface area contributed by atoms with E-state index in [1.165, 1.54) is 0 Å². The molecule has 0 aliphatic rings. The first-order valence-electron chi connectivity index (χ1n) is 5.16. The van der Waals surface area contributed by atoms with Gasteiger partial charge in [-0.05, 0) is 12.1 Å². The molecule has 1 aromatic rings. The van der Waals surface area contributed by atoms with Crippen LogP contribution in [0.15, 0.2) is 43.5 Å². The molecule has 0 saturated carbocycles. The second-order valence-electron chi connectivity index (χ2n) is 3.50. The number of halogens is 1. The van der Waals surface area contributed by atoms with Crippen molar-refractivity contribution in [2.75, 3.05) is 18.8 Å². The summed E-state index contributed by atoms with van der Waals surface area (Å²) < 4.78 is 0. The molecule has 3 nitrogen and oxygen atoms in total. The number of amides is 1. The van der Waals surface area contributed by atoms with Gasteiger partial charge in [-0.3, -0.25) is 4.79 Å². The largest absolute Gasteiger partial charge is 0.398 e. The van der Waals surface area contributed by atoms with E-state index in [1.807, 2.05) is 0 Å². The van der Waals surface area contributed by atoms with Gasteiger partial charge in [0.05, 0.1) is 16.3 Å². The first kappa shape index (κ1) is 13.3. The SMILES string of the molecule is C=CCN(CC=C)C(=O)c1cccc(N)c1Cl. The molecule has 1 rings (SSSR count). The van der Waals surface area contributed by atoms with Crippen molar-refractivity contribution in [2.45, 2.75) is 0 Å². The van der Waals surface area contributed by atoms with Gasteiger partial charge in [0.25, 0.3) is 5.91 Å². The Morgan fingerprint density at radius 1 is 1.35 bits per heavy atom. The topological polar surface area (TPSA) is 46.3 Å². The van der Waals surface area contributed by atoms with Gasteiger partial charge >= 0.3 is 0 Å². The number of carbonyl (C=O) groups is 1. The van der Waals surface area contributed by atoms with Crippen molar-refractivity contribution >= 4 is 23.2 Å². The highest BCUT2D eigenvalue weighted by molar-refractivity contribution is 6.36. The van der Waals surface area contributed by atoms with Gasteiger partial charge in [0, 0.05) is 13.1 Å². The van der Waals surface area contributed by atoms with Gasteiger partial charge in [-0.25, -0.2) is 0 Å². The zero-order chi connectivity index (χ0) is 12.8. The minimum absolute atomic E-state index is 0.179. The van der Waals surface area contributed by atoms with Crippen LogP contribution < -0.4 is 5.73 Å². The van der Waals surface area contributed by atoms with Crippen LogP contribution in [0.1, 0.15) is 10.4 Å². The Kier molecular flexibility index (Phi) is 4.79. The van der Waals surface area contributed by atoms with Crippen LogP contribution in [0.5, 0.6) is 0 Å². The average molecular weight is 251 g/mol. The smallest absolute Gasteiger partial charge is 0.256 e. The van der Waals surface area contributed by atoms with E-state index in [9.17, 15) is 4.79 Å². The first-order chi connectivity index (χ1) is 8.11. The van der Waals surface area contributed by atoms with Gasteiger partial charge in [0.2, 0.25) is 0 Å². The molecular weight excluding hydrogens is 236 g/mol. The number of hydrogen-bond acceptors (Lipinski definition) is 2. The molecule has 0 radical (unpaired) electrons. The normalized spacial score (nSPS) is 9.71. The van der Waals surface area contributed by atoms with Crippen molar-refractivity contribution in [3.8, 4) is 0 Å². The summed E-state index contributed by atoms with van der Waals surface area (Å²) in [5.41, 5.74) is 6.46. The standard InChI is InChI=1S/C13H15ClN2O/c1-3-8-16(9-4-2)13(17)10-6-5-7-11(15)12(10)14/h3-7H,1-2,8-9,15H2. The quantitative estimate of drug-likeness (QED) is 0.645. The molecule has 0 aliphatic carbocycles. The number of nitrogen functional groups attached to an aromatic ring is 1. The van der Waals surface area contributed by atoms with Crippen molar-refractivity contribution in [1.29, 1.82) is 0 Å². The Morgan fingerprint density at radius 2 is 1.94 bits per heavy atom. The van der Waals surface area contributed by atoms with Gasteiger partial charge in [0.1, 0.15) is 0 Å². The Hall–Kier alpha value is -1.74. The van der Waals surface area contributed by atoms with Crippen molar-refractivity contribution in [2.24, 2.45) is 0 Å². The van der Waals surface area contributed by atoms with E-state index in [1.54, 1.807) is 35.3 Å². The lowest BCUT2D eigenvalue weighted by Gasteiger charge is -2.20. The number of rotatable bonds is 5. The monoisotopic (exact) mass is 250 g/mol. The van der Waals surface area contributed by atoms with E-state index in [0.29, 0.717) is 24.3 Å². The zero-order valence-electron chi connectivity index (χ0n) is 9.53. The molecular formula is C13H15ClN2O. The van der Waals surface area contributed by atoms with Crippen LogP contribution in [0.2, 0.25) is 5.02 Å². The van der Waals surface area contributed by atoms with Crippen molar-refractivity contribution in [3.05, 3.63) is 54.1 Å². The first-order valence-corrected chi connectivity index (χ1v) is 5.54. The molecule has 0 bridgehead atoms. The predicted molar refractivity (Wildman–Crippen MR) is 72.2 cm³/mol. The lowest BCUT2D eigenvalue weighted by atomic mass is 10.1. The van der Waals surface area contributed by atoms with Crippen LogP contribution in [0.25, 0.3) is 0 Å². The predicted octanol–water partition coefficient (Wildman–Crippen LogP) is 2.74. The molecule has 4 heteroatoms. The highest BCUT2D eigenvalue weighted by Crippen LogP contribution is 2.24. The summed E-state index contributed by atoms with van der Waals surface area (Å²) in [6.07, 6.45) is 3.31. The fourth-order valence-electron chi connectivity index (χ4n) is 1.44. The second-order valence-corrected chi connectivity index (χ2v) is 3.87. The van der Waals surface area contributed by atoms with E-state index in [0.717, 1.165) is 0 Å². The summed E-state index contributed by atoms with van der Waals surface area (Å²) in [4.78, 5) is 13.8. The highest BCUT2D eigenvalue weighted by atomic mass is 35.5. The Labute approximate surface area is 106 Å². The van der Waals surface area contributed by atoms with Gasteiger partial charge in [-0.15, -0.1) is 13.2 Å². The van der Waals surface area contributed by atoms with Crippen LogP contribution in [-0.4, -0.2) is 23.9 Å². The number of anilines is 1. The van der Waals surface area contributed by atoms with Crippen molar-refractivity contribution in [1.82, 2.24) is 4.90 Å². The molecule has 0 spiro atoms. The zero-order valence-corrected chi connectivity index (χ0v) is 10.3. The molecule has 1 amide bonds. The lowest BCUT2D eigenvalue weighted by molar-refractivity contribution is 0.0791. The molecule has 0 aromatic heterocycles. The summed E-state index contributed by atoms with van der Waals surface area (Å²) in [6.45, 7) is 8.11. The third kappa shape index (κ3) is 3.11. The van der Waals surface area contributed by atoms with Gasteiger partial charge in [-0.2, -0.15) is 0 Å². The minimum Gasteiger partial charge on any atom is -0.398 e. The minimum atomic E-state index is -0.179. The maximum Gasteiger partial charge on any atom is 0.256 e. The summed E-state index contributed by atoms with van der Waals surface area (Å²) in [5, 5.41) is 0.288. The van der Waals surface area contributed by atoms with Crippen molar-refractivity contribution in [3.63, 3.8) is 0 Å². The van der Waals surface area contributed by atoms with Crippen LogP contribution in [0.3, 0.4) is 0 Å². The fourth-order valence-corrected chi connectivity index (χ4v) is 1.64. The van der Waals surface area contributed by atoms with E-state index >= 15 is 0 Å². The molecule has 0 aliphatic heterocycles. The average Bonchev–Trinajstić information content (AvgIpc) is 2.31. The van der Waals surface area contributed by atoms with Crippen LogP contribution in [-0.2, 0) is 0 Å². The van der Waals surface area contributed by atoms with Gasteiger partial charge < -0.3 is 10.6 Å². The molecule has 2 N–H and O–H groups in total. The number of hydrogen-bond donors (Lipinski definition) is 1. The number of carbonyl (C=O) groups excluding carboxylic acids is 1. The molecule has 17 heavy (non-hydrogen) atoms. The summed E-state index contributed by atoms with van der Waals surface area (Å²) in [7, 11) is 0. The second kappa shape index (κ2) is 6.11. The maximum absolute atomic E-state index is 12.2. The van der Waals surface area contributed by atoms with E-state index < -0.39 is 0 Å². The van der Waals surface area contributed by atoms with Crippen LogP contribution in [0, 0.1) is 0 Å². The molecule has 0 atom stereocenters. The third-order valence-electron chi connectivity index (χ3n) is 2.25. The number of benzene rings is 1. The van der Waals surface area contributed by atoms with Crippen LogP contribution in [0.4, 0.5) is 5.69 Å². The lowest BCUT2D eigenvalue weighted by Crippen LogP contribution is -2.31. The fraction of sp³-hybridized carbons (Fsp3) is 0.154. The van der Waals surface area contributed by atoms with E-state index in [-0.39, 0.29) is 10.9 Å². The highest BCUT2D eigenvalue weighted by Gasteiger charge is 2.17. The summed E-state index contributed by atoms with van der Waals surface area (Å²) in [5.74, 6) is -0.179. The summed E-state index contributed by atoms with van der Waals surface area (Å²) >= 11 is 6.01. The molecule has 0 unspecified atom stereocenters. The number of nitrogens with zero attached hydrogens (tertiary/aromatic N) is 1. The maximum atomic E-state index is 12.2. The third-order valence-corrected chi connectivity index (χ3v) is 2.67. The van der Waals surface area contributed by atoms with Gasteiger partial charge in [0.15, 0.2) is 0 Å². The molecule has 90 valence electrons. The Morgan fingerprint density at radius 3 is 2.47 bits per heavy atom. The van der Waals surface area contributed by atoms with E-state index in [4.69, 9.17) is 17.3 Å². The molecule has 0 saturated heterocycles. The van der Waals surface area contributed by atoms with Crippen molar-refractivity contribution < 1.29 is 4.79 Å². The summed E-state index contributed by atoms with van der Waals surface area (Å²) in [6, 6.07) is 5.01. The Bertz CT molecular complexity index is 433. The molecule has 0 heterocycles. The molecule has 0 fully saturated rings. The van der Waals surface area contributed by atoms with Gasteiger partial charge in [-0.1, -0.05) is 29.8 Å². The number of nitrogens with two attached hydrogens (primary N) is 1. The molecule has 1 aromatic carbocycles. The Balaban J connectivity index is 3.04.